The van der Waals surface area contributed by atoms with Crippen molar-refractivity contribution in [1.29, 1.82) is 0 Å². The first-order chi connectivity index (χ1) is 19.3. The predicted octanol–water partition coefficient (Wildman–Crippen LogP) is 9.26. The highest BCUT2D eigenvalue weighted by Crippen LogP contribution is 2.49. The molecule has 1 aliphatic heterocycles. The van der Waals surface area contributed by atoms with Crippen LogP contribution in [0.2, 0.25) is 0 Å². The third-order valence-corrected chi connectivity index (χ3v) is 9.38. The highest BCUT2D eigenvalue weighted by molar-refractivity contribution is 5.34. The summed E-state index contributed by atoms with van der Waals surface area (Å²) in [4.78, 5) is 2.61. The summed E-state index contributed by atoms with van der Waals surface area (Å²) in [6.45, 7) is 10.7. The standard InChI is InChI=1S/C33H42F6N2/c1-4-14-31(24(3)40-21-26-17-28(32(34,35)36)19-29(18-26)33(37,38)39)15-12-30(20-31)41-16-13-27(23(2)22-41)11-10-25-8-6-5-7-9-25/h5-9,17-19,23,27,30,40H,3-4,10-16,20-22H2,1-2H3/t23?,27-,30?,31?/m1/s1. The van der Waals surface area contributed by atoms with E-state index in [-0.39, 0.29) is 23.6 Å². The van der Waals surface area contributed by atoms with Crippen molar-refractivity contribution in [3.63, 3.8) is 0 Å². The molecule has 0 spiro atoms. The van der Waals surface area contributed by atoms with Gasteiger partial charge in [-0.25, -0.2) is 0 Å². The Bertz CT molecular complexity index is 1130. The molecular weight excluding hydrogens is 538 g/mol. The van der Waals surface area contributed by atoms with Gasteiger partial charge in [-0.2, -0.15) is 26.3 Å². The van der Waals surface area contributed by atoms with Crippen LogP contribution in [0.25, 0.3) is 0 Å². The van der Waals surface area contributed by atoms with E-state index in [0.29, 0.717) is 17.9 Å². The van der Waals surface area contributed by atoms with Crippen molar-refractivity contribution in [2.24, 2.45) is 17.3 Å². The number of likely N-dealkylation sites (tertiary alicyclic amines) is 1. The lowest BCUT2D eigenvalue weighted by atomic mass is 9.78. The van der Waals surface area contributed by atoms with Crippen molar-refractivity contribution in [1.82, 2.24) is 10.2 Å². The van der Waals surface area contributed by atoms with E-state index in [1.54, 1.807) is 0 Å². The minimum Gasteiger partial charge on any atom is -0.384 e. The molecule has 0 bridgehead atoms. The third-order valence-electron chi connectivity index (χ3n) is 9.38. The Morgan fingerprint density at radius 1 is 0.976 bits per heavy atom. The van der Waals surface area contributed by atoms with E-state index in [4.69, 9.17) is 0 Å². The number of rotatable bonds is 10. The number of hydrogen-bond donors (Lipinski definition) is 1. The van der Waals surface area contributed by atoms with E-state index >= 15 is 0 Å². The lowest BCUT2D eigenvalue weighted by Crippen LogP contribution is -2.45. The molecule has 2 nitrogen and oxygen atoms in total. The number of halogens is 6. The number of nitrogens with zero attached hydrogens (tertiary/aromatic N) is 1. The quantitative estimate of drug-likeness (QED) is 0.282. The molecule has 0 amide bonds. The van der Waals surface area contributed by atoms with Crippen LogP contribution in [0, 0.1) is 17.3 Å². The average molecular weight is 581 g/mol. The normalized spacial score (nSPS) is 25.8. The number of aryl methyl sites for hydroxylation is 1. The van der Waals surface area contributed by atoms with Gasteiger partial charge >= 0.3 is 12.4 Å². The van der Waals surface area contributed by atoms with Crippen molar-refractivity contribution in [3.05, 3.63) is 83.1 Å². The van der Waals surface area contributed by atoms with Gasteiger partial charge in [0.05, 0.1) is 11.1 Å². The van der Waals surface area contributed by atoms with E-state index < -0.39 is 23.5 Å². The van der Waals surface area contributed by atoms with Crippen LogP contribution in [0.1, 0.15) is 81.0 Å². The minimum atomic E-state index is -4.86. The summed E-state index contributed by atoms with van der Waals surface area (Å²) in [5, 5.41) is 3.15. The maximum atomic E-state index is 13.3. The Hall–Kier alpha value is -2.48. The van der Waals surface area contributed by atoms with Gasteiger partial charge < -0.3 is 10.2 Å². The Morgan fingerprint density at radius 3 is 2.22 bits per heavy atom. The Labute approximate surface area is 240 Å². The van der Waals surface area contributed by atoms with E-state index in [1.165, 1.54) is 18.4 Å². The third kappa shape index (κ3) is 7.88. The van der Waals surface area contributed by atoms with Crippen molar-refractivity contribution in [3.8, 4) is 0 Å². The van der Waals surface area contributed by atoms with E-state index in [9.17, 15) is 26.3 Å². The van der Waals surface area contributed by atoms with Gasteiger partial charge in [-0.3, -0.25) is 0 Å². The molecule has 3 unspecified atom stereocenters. The molecule has 2 fully saturated rings. The summed E-state index contributed by atoms with van der Waals surface area (Å²) >= 11 is 0. The zero-order chi connectivity index (χ0) is 29.8. The number of piperidine rings is 1. The highest BCUT2D eigenvalue weighted by Gasteiger charge is 2.44. The summed E-state index contributed by atoms with van der Waals surface area (Å²) in [6.07, 6.45) is -1.62. The monoisotopic (exact) mass is 580 g/mol. The average Bonchev–Trinajstić information content (AvgIpc) is 3.36. The predicted molar refractivity (Wildman–Crippen MR) is 151 cm³/mol. The lowest BCUT2D eigenvalue weighted by molar-refractivity contribution is -0.143. The largest absolute Gasteiger partial charge is 0.416 e. The van der Waals surface area contributed by atoms with Crippen molar-refractivity contribution in [2.75, 3.05) is 13.1 Å². The molecule has 2 aromatic carbocycles. The molecule has 1 saturated heterocycles. The van der Waals surface area contributed by atoms with Gasteiger partial charge in [0.2, 0.25) is 0 Å². The van der Waals surface area contributed by atoms with Crippen LogP contribution in [0.5, 0.6) is 0 Å². The maximum Gasteiger partial charge on any atom is 0.416 e. The van der Waals surface area contributed by atoms with Crippen LogP contribution in [0.15, 0.2) is 60.8 Å². The van der Waals surface area contributed by atoms with Crippen LogP contribution in [0.3, 0.4) is 0 Å². The second kappa shape index (κ2) is 12.8. The summed E-state index contributed by atoms with van der Waals surface area (Å²) < 4.78 is 79.9. The van der Waals surface area contributed by atoms with Gasteiger partial charge in [0, 0.05) is 30.2 Å². The van der Waals surface area contributed by atoms with Crippen LogP contribution >= 0.6 is 0 Å². The molecule has 4 rings (SSSR count). The minimum absolute atomic E-state index is 0.0547. The summed E-state index contributed by atoms with van der Waals surface area (Å²) in [6, 6.07) is 12.8. The molecule has 1 aliphatic carbocycles. The SMILES string of the molecule is C=C(NCc1cc(C(F)(F)F)cc(C(F)(F)F)c1)C1(CCC)CCC(N2CC[C@@H](CCc3ccccc3)C(C)C2)C1. The number of nitrogens with one attached hydrogen (secondary N) is 1. The van der Waals surface area contributed by atoms with Gasteiger partial charge in [-0.1, -0.05) is 57.2 Å². The molecular formula is C33H42F6N2. The van der Waals surface area contributed by atoms with E-state index in [1.807, 2.05) is 6.07 Å². The summed E-state index contributed by atoms with van der Waals surface area (Å²) in [5.74, 6) is 1.29. The zero-order valence-corrected chi connectivity index (χ0v) is 24.1. The summed E-state index contributed by atoms with van der Waals surface area (Å²) in [5.41, 5.74) is -0.755. The second-order valence-electron chi connectivity index (χ2n) is 12.2. The van der Waals surface area contributed by atoms with E-state index in [2.05, 4.69) is 54.9 Å². The maximum absolute atomic E-state index is 13.3. The molecule has 4 atom stereocenters. The molecule has 2 aliphatic rings. The molecule has 0 aromatic heterocycles. The van der Waals surface area contributed by atoms with Crippen LogP contribution in [-0.4, -0.2) is 24.0 Å². The molecule has 0 radical (unpaired) electrons. The molecule has 226 valence electrons. The molecule has 2 aromatic rings. The fourth-order valence-corrected chi connectivity index (χ4v) is 7.04. The molecule has 1 saturated carbocycles. The lowest BCUT2D eigenvalue weighted by Gasteiger charge is -2.41. The van der Waals surface area contributed by atoms with Crippen molar-refractivity contribution >= 4 is 0 Å². The topological polar surface area (TPSA) is 15.3 Å². The van der Waals surface area contributed by atoms with Crippen molar-refractivity contribution < 1.29 is 26.3 Å². The Morgan fingerprint density at radius 2 is 1.63 bits per heavy atom. The fraction of sp³-hybridized carbons (Fsp3) is 0.576. The van der Waals surface area contributed by atoms with Gasteiger partial charge in [0.1, 0.15) is 0 Å². The first kappa shape index (κ1) is 31.5. The molecule has 1 heterocycles. The van der Waals surface area contributed by atoms with E-state index in [0.717, 1.165) is 69.4 Å². The van der Waals surface area contributed by atoms with Crippen LogP contribution < -0.4 is 5.32 Å². The second-order valence-corrected chi connectivity index (χ2v) is 12.2. The van der Waals surface area contributed by atoms with Crippen LogP contribution in [0.4, 0.5) is 26.3 Å². The highest BCUT2D eigenvalue weighted by atomic mass is 19.4. The smallest absolute Gasteiger partial charge is 0.384 e. The van der Waals surface area contributed by atoms with Crippen LogP contribution in [-0.2, 0) is 25.3 Å². The first-order valence-corrected chi connectivity index (χ1v) is 14.8. The molecule has 41 heavy (non-hydrogen) atoms. The first-order valence-electron chi connectivity index (χ1n) is 14.8. The molecule has 8 heteroatoms. The van der Waals surface area contributed by atoms with Gasteiger partial charge in [0.15, 0.2) is 0 Å². The van der Waals surface area contributed by atoms with Crippen molar-refractivity contribution in [2.45, 2.75) is 90.2 Å². The fourth-order valence-electron chi connectivity index (χ4n) is 7.04. The number of allylic oxidation sites excluding steroid dienone is 1. The summed E-state index contributed by atoms with van der Waals surface area (Å²) in [7, 11) is 0. The number of hydrogen-bond acceptors (Lipinski definition) is 2. The Kier molecular flexibility index (Phi) is 9.82. The molecule has 1 N–H and O–H groups in total. The zero-order valence-electron chi connectivity index (χ0n) is 24.1. The van der Waals surface area contributed by atoms with Gasteiger partial charge in [0.25, 0.3) is 0 Å². The van der Waals surface area contributed by atoms with Gasteiger partial charge in [-0.05, 0) is 92.7 Å². The number of alkyl halides is 6. The Balaban J connectivity index is 1.37. The van der Waals surface area contributed by atoms with Gasteiger partial charge in [-0.15, -0.1) is 0 Å². The number of benzene rings is 2.